The Balaban J connectivity index is 1.52. The Morgan fingerprint density at radius 3 is 2.76 bits per heavy atom. The van der Waals surface area contributed by atoms with Crippen molar-refractivity contribution in [3.8, 4) is 5.88 Å². The second-order valence-corrected chi connectivity index (χ2v) is 9.00. The van der Waals surface area contributed by atoms with Gasteiger partial charge in [-0.05, 0) is 37.7 Å². The van der Waals surface area contributed by atoms with Crippen molar-refractivity contribution >= 4 is 29.3 Å². The van der Waals surface area contributed by atoms with Crippen molar-refractivity contribution in [1.29, 1.82) is 0 Å². The molecule has 0 saturated carbocycles. The largest absolute Gasteiger partial charge is 0.477 e. The zero-order chi connectivity index (χ0) is 20.4. The van der Waals surface area contributed by atoms with Crippen LogP contribution in [0.25, 0.3) is 0 Å². The predicted molar refractivity (Wildman–Crippen MR) is 113 cm³/mol. The number of pyridine rings is 1. The summed E-state index contributed by atoms with van der Waals surface area (Å²) in [5, 5.41) is 0.408. The molecule has 9 heteroatoms. The van der Waals surface area contributed by atoms with Crippen molar-refractivity contribution in [2.24, 2.45) is 12.5 Å². The zero-order valence-electron chi connectivity index (χ0n) is 16.7. The smallest absolute Gasteiger partial charge is 0.268 e. The molecule has 2 aliphatic rings. The van der Waals surface area contributed by atoms with Gasteiger partial charge in [-0.25, -0.2) is 9.97 Å². The van der Waals surface area contributed by atoms with E-state index in [0.29, 0.717) is 33.8 Å². The molecule has 0 unspecified atom stereocenters. The summed E-state index contributed by atoms with van der Waals surface area (Å²) in [4.78, 5) is 25.2. The average molecular weight is 437 g/mol. The third kappa shape index (κ3) is 4.11. The number of hydrogen-bond acceptors (Lipinski definition) is 7. The van der Waals surface area contributed by atoms with E-state index in [9.17, 15) is 4.79 Å². The number of anilines is 1. The van der Waals surface area contributed by atoms with E-state index in [0.717, 1.165) is 50.5 Å². The van der Waals surface area contributed by atoms with Gasteiger partial charge in [-0.15, -0.1) is 0 Å². The molecule has 4 heterocycles. The zero-order valence-corrected chi connectivity index (χ0v) is 18.3. The first-order chi connectivity index (χ1) is 14.0. The molecule has 4 rings (SSSR count). The first-order valence-electron chi connectivity index (χ1n) is 9.87. The molecule has 2 aromatic rings. The maximum absolute atomic E-state index is 13.0. The van der Waals surface area contributed by atoms with Crippen LogP contribution in [0.3, 0.4) is 0 Å². The first kappa shape index (κ1) is 20.5. The third-order valence-corrected chi connectivity index (χ3v) is 7.26. The van der Waals surface area contributed by atoms with Gasteiger partial charge in [0.1, 0.15) is 5.02 Å². The lowest BCUT2D eigenvalue weighted by molar-refractivity contribution is 0.133. The minimum atomic E-state index is -0.0877. The van der Waals surface area contributed by atoms with Gasteiger partial charge in [0.05, 0.1) is 24.3 Å². The normalized spacial score (nSPS) is 18.4. The molecule has 1 spiro atoms. The number of halogens is 1. The fraction of sp³-hybridized carbons (Fsp3) is 0.550. The Morgan fingerprint density at radius 1 is 1.28 bits per heavy atom. The molecule has 2 aromatic heterocycles. The fourth-order valence-electron chi connectivity index (χ4n) is 3.95. The molecule has 0 N–H and O–H groups in total. The molecule has 0 aromatic carbocycles. The predicted octanol–water partition coefficient (Wildman–Crippen LogP) is 3.39. The van der Waals surface area contributed by atoms with Crippen molar-refractivity contribution < 1.29 is 9.47 Å². The van der Waals surface area contributed by atoms with Crippen LogP contribution in [0.1, 0.15) is 26.2 Å². The van der Waals surface area contributed by atoms with E-state index in [-0.39, 0.29) is 5.56 Å². The van der Waals surface area contributed by atoms with Crippen LogP contribution in [0.2, 0.25) is 5.02 Å². The summed E-state index contributed by atoms with van der Waals surface area (Å²) in [5.74, 6) is 1.09. The first-order valence-corrected chi connectivity index (χ1v) is 11.1. The highest BCUT2D eigenvalue weighted by atomic mass is 35.5. The Bertz CT molecular complexity index is 936. The van der Waals surface area contributed by atoms with E-state index in [4.69, 9.17) is 21.1 Å². The Labute approximate surface area is 179 Å². The van der Waals surface area contributed by atoms with Gasteiger partial charge < -0.3 is 14.4 Å². The molecule has 7 nitrogen and oxygen atoms in total. The van der Waals surface area contributed by atoms with Gasteiger partial charge in [0.2, 0.25) is 11.8 Å². The van der Waals surface area contributed by atoms with E-state index in [1.54, 1.807) is 30.1 Å². The number of ether oxygens (including phenoxy) is 2. The SMILES string of the molecule is CCOc1nccc(Sc2cnc(N3CCC4(CCOC4)CC3)n(C)c2=O)c1Cl. The van der Waals surface area contributed by atoms with Crippen LogP contribution in [-0.4, -0.2) is 47.4 Å². The van der Waals surface area contributed by atoms with Crippen LogP contribution >= 0.6 is 23.4 Å². The van der Waals surface area contributed by atoms with Gasteiger partial charge in [0, 0.05) is 37.8 Å². The molecule has 29 heavy (non-hydrogen) atoms. The quantitative estimate of drug-likeness (QED) is 0.711. The molecule has 2 aliphatic heterocycles. The van der Waals surface area contributed by atoms with Gasteiger partial charge >= 0.3 is 0 Å². The van der Waals surface area contributed by atoms with Crippen LogP contribution in [-0.2, 0) is 11.8 Å². The molecule has 2 saturated heterocycles. The molecule has 0 atom stereocenters. The summed E-state index contributed by atoms with van der Waals surface area (Å²) in [6.45, 7) is 5.86. The van der Waals surface area contributed by atoms with Gasteiger partial charge in [-0.2, -0.15) is 0 Å². The minimum Gasteiger partial charge on any atom is -0.477 e. The second-order valence-electron chi connectivity index (χ2n) is 7.54. The van der Waals surface area contributed by atoms with Crippen LogP contribution in [0, 0.1) is 5.41 Å². The van der Waals surface area contributed by atoms with E-state index < -0.39 is 0 Å². The summed E-state index contributed by atoms with van der Waals surface area (Å²) in [6, 6.07) is 1.77. The maximum atomic E-state index is 13.0. The van der Waals surface area contributed by atoms with Crippen molar-refractivity contribution in [1.82, 2.24) is 14.5 Å². The molecule has 0 aliphatic carbocycles. The number of piperidine rings is 1. The second kappa shape index (κ2) is 8.53. The Morgan fingerprint density at radius 2 is 2.07 bits per heavy atom. The van der Waals surface area contributed by atoms with Crippen molar-refractivity contribution in [2.45, 2.75) is 36.0 Å². The lowest BCUT2D eigenvalue weighted by atomic mass is 9.78. The monoisotopic (exact) mass is 436 g/mol. The van der Waals surface area contributed by atoms with Gasteiger partial charge in [-0.1, -0.05) is 23.4 Å². The summed E-state index contributed by atoms with van der Waals surface area (Å²) < 4.78 is 12.7. The number of rotatable bonds is 5. The molecule has 156 valence electrons. The van der Waals surface area contributed by atoms with Gasteiger partial charge in [0.25, 0.3) is 5.56 Å². The van der Waals surface area contributed by atoms with Crippen molar-refractivity contribution in [3.63, 3.8) is 0 Å². The average Bonchev–Trinajstić information content (AvgIpc) is 3.18. The Kier molecular flexibility index (Phi) is 6.03. The minimum absolute atomic E-state index is 0.0877. The lowest BCUT2D eigenvalue weighted by Crippen LogP contribution is -2.43. The Hall–Kier alpha value is -1.77. The highest BCUT2D eigenvalue weighted by molar-refractivity contribution is 7.99. The van der Waals surface area contributed by atoms with Crippen molar-refractivity contribution in [3.05, 3.63) is 33.8 Å². The van der Waals surface area contributed by atoms with Crippen molar-refractivity contribution in [2.75, 3.05) is 37.8 Å². The van der Waals surface area contributed by atoms with E-state index >= 15 is 0 Å². The maximum Gasteiger partial charge on any atom is 0.268 e. The van der Waals surface area contributed by atoms with Crippen LogP contribution in [0.5, 0.6) is 5.88 Å². The third-order valence-electron chi connectivity index (χ3n) is 5.73. The lowest BCUT2D eigenvalue weighted by Gasteiger charge is -2.39. The summed E-state index contributed by atoms with van der Waals surface area (Å²) >= 11 is 7.67. The fourth-order valence-corrected chi connectivity index (χ4v) is 5.10. The highest BCUT2D eigenvalue weighted by Crippen LogP contribution is 2.40. The summed E-state index contributed by atoms with van der Waals surface area (Å²) in [7, 11) is 1.78. The topological polar surface area (TPSA) is 69.5 Å². The molecular formula is C20H25ClN4O3S. The van der Waals surface area contributed by atoms with Crippen LogP contribution in [0.15, 0.2) is 33.0 Å². The molecule has 0 radical (unpaired) electrons. The van der Waals surface area contributed by atoms with Crippen LogP contribution in [0.4, 0.5) is 5.95 Å². The summed E-state index contributed by atoms with van der Waals surface area (Å²) in [5.41, 5.74) is 0.233. The number of hydrogen-bond donors (Lipinski definition) is 0. The molecular weight excluding hydrogens is 412 g/mol. The van der Waals surface area contributed by atoms with Gasteiger partial charge in [0.15, 0.2) is 0 Å². The highest BCUT2D eigenvalue weighted by Gasteiger charge is 2.38. The number of nitrogens with zero attached hydrogens (tertiary/aromatic N) is 4. The molecule has 2 fully saturated rings. The number of aromatic nitrogens is 3. The summed E-state index contributed by atoms with van der Waals surface area (Å²) in [6.07, 6.45) is 6.56. The van der Waals surface area contributed by atoms with E-state index in [2.05, 4.69) is 14.9 Å². The van der Waals surface area contributed by atoms with Gasteiger partial charge in [-0.3, -0.25) is 9.36 Å². The van der Waals surface area contributed by atoms with E-state index in [1.165, 1.54) is 11.8 Å². The molecule has 0 amide bonds. The van der Waals surface area contributed by atoms with E-state index in [1.807, 2.05) is 6.92 Å². The standard InChI is InChI=1S/C20H25ClN4O3S/c1-3-28-17-16(21)14(4-8-22-17)29-15-12-23-19(24(2)18(15)26)25-9-5-20(6-10-25)7-11-27-13-20/h4,8,12H,3,5-7,9-11,13H2,1-2H3. The molecule has 0 bridgehead atoms. The van der Waals surface area contributed by atoms with Crippen LogP contribution < -0.4 is 15.2 Å².